The molecule has 0 aliphatic heterocycles. The van der Waals surface area contributed by atoms with E-state index in [9.17, 15) is 9.50 Å². The summed E-state index contributed by atoms with van der Waals surface area (Å²) in [6, 6.07) is 4.50. The quantitative estimate of drug-likeness (QED) is 0.835. The molecule has 0 heterocycles. The SMILES string of the molecule is CC1CCCC(C(O)c2ccc(Cl)cc2F)C1. The molecular formula is C14H18ClFO. The van der Waals surface area contributed by atoms with Crippen LogP contribution in [0, 0.1) is 17.7 Å². The number of halogens is 2. The smallest absolute Gasteiger partial charge is 0.130 e. The third kappa shape index (κ3) is 2.99. The number of benzene rings is 1. The summed E-state index contributed by atoms with van der Waals surface area (Å²) < 4.78 is 13.7. The van der Waals surface area contributed by atoms with Crippen molar-refractivity contribution < 1.29 is 9.50 Å². The predicted molar refractivity (Wildman–Crippen MR) is 67.5 cm³/mol. The van der Waals surface area contributed by atoms with Gasteiger partial charge < -0.3 is 5.11 Å². The van der Waals surface area contributed by atoms with Crippen LogP contribution in [0.4, 0.5) is 4.39 Å². The van der Waals surface area contributed by atoms with Crippen molar-refractivity contribution in [1.82, 2.24) is 0 Å². The Kier molecular flexibility index (Phi) is 4.05. The molecule has 1 aromatic rings. The third-order valence-electron chi connectivity index (χ3n) is 3.70. The number of aliphatic hydroxyl groups is 1. The van der Waals surface area contributed by atoms with E-state index in [1.54, 1.807) is 12.1 Å². The molecule has 3 unspecified atom stereocenters. The lowest BCUT2D eigenvalue weighted by Crippen LogP contribution is -2.20. The second kappa shape index (κ2) is 5.36. The highest BCUT2D eigenvalue weighted by Gasteiger charge is 2.27. The van der Waals surface area contributed by atoms with Gasteiger partial charge in [-0.3, -0.25) is 0 Å². The van der Waals surface area contributed by atoms with Crippen LogP contribution in [0.5, 0.6) is 0 Å². The van der Waals surface area contributed by atoms with Crippen molar-refractivity contribution in [3.05, 3.63) is 34.6 Å². The first-order valence-corrected chi connectivity index (χ1v) is 6.58. The van der Waals surface area contributed by atoms with Gasteiger partial charge in [0.05, 0.1) is 6.10 Å². The van der Waals surface area contributed by atoms with Gasteiger partial charge >= 0.3 is 0 Å². The molecule has 0 radical (unpaired) electrons. The Bertz CT molecular complexity index is 394. The predicted octanol–water partition coefficient (Wildman–Crippen LogP) is 4.34. The highest BCUT2D eigenvalue weighted by atomic mass is 35.5. The lowest BCUT2D eigenvalue weighted by atomic mass is 9.78. The zero-order chi connectivity index (χ0) is 12.4. The van der Waals surface area contributed by atoms with Gasteiger partial charge in [-0.2, -0.15) is 0 Å². The monoisotopic (exact) mass is 256 g/mol. The van der Waals surface area contributed by atoms with Crippen LogP contribution in [-0.2, 0) is 0 Å². The Hall–Kier alpha value is -0.600. The van der Waals surface area contributed by atoms with Gasteiger partial charge in [0, 0.05) is 10.6 Å². The normalized spacial score (nSPS) is 26.8. The minimum absolute atomic E-state index is 0.175. The van der Waals surface area contributed by atoms with E-state index in [2.05, 4.69) is 6.92 Å². The molecule has 1 aliphatic carbocycles. The fraction of sp³-hybridized carbons (Fsp3) is 0.571. The average Bonchev–Trinajstić information content (AvgIpc) is 2.28. The lowest BCUT2D eigenvalue weighted by molar-refractivity contribution is 0.0685. The van der Waals surface area contributed by atoms with Gasteiger partial charge in [-0.1, -0.05) is 37.4 Å². The van der Waals surface area contributed by atoms with E-state index in [0.717, 1.165) is 19.3 Å². The van der Waals surface area contributed by atoms with Crippen LogP contribution in [0.2, 0.25) is 5.02 Å². The first-order valence-electron chi connectivity index (χ1n) is 6.21. The van der Waals surface area contributed by atoms with E-state index in [1.165, 1.54) is 12.5 Å². The Morgan fingerprint density at radius 1 is 1.41 bits per heavy atom. The van der Waals surface area contributed by atoms with Crippen LogP contribution in [-0.4, -0.2) is 5.11 Å². The molecule has 1 aliphatic rings. The molecule has 17 heavy (non-hydrogen) atoms. The molecule has 0 amide bonds. The third-order valence-corrected chi connectivity index (χ3v) is 3.94. The van der Waals surface area contributed by atoms with Crippen molar-refractivity contribution in [1.29, 1.82) is 0 Å². The minimum atomic E-state index is -0.699. The van der Waals surface area contributed by atoms with Gasteiger partial charge in [0.15, 0.2) is 0 Å². The molecule has 3 atom stereocenters. The highest BCUT2D eigenvalue weighted by Crippen LogP contribution is 2.38. The molecule has 1 N–H and O–H groups in total. The Labute approximate surface area is 107 Å². The van der Waals surface area contributed by atoms with E-state index in [-0.39, 0.29) is 5.92 Å². The van der Waals surface area contributed by atoms with Crippen LogP contribution >= 0.6 is 11.6 Å². The fourth-order valence-corrected chi connectivity index (χ4v) is 2.92. The Morgan fingerprint density at radius 2 is 2.18 bits per heavy atom. The van der Waals surface area contributed by atoms with Gasteiger partial charge in [-0.25, -0.2) is 4.39 Å². The number of hydrogen-bond acceptors (Lipinski definition) is 1. The maximum absolute atomic E-state index is 13.7. The maximum atomic E-state index is 13.7. The molecule has 3 heteroatoms. The summed E-state index contributed by atoms with van der Waals surface area (Å²) in [5.74, 6) is 0.399. The van der Waals surface area contributed by atoms with E-state index >= 15 is 0 Å². The summed E-state index contributed by atoms with van der Waals surface area (Å²) in [5.41, 5.74) is 0.383. The fourth-order valence-electron chi connectivity index (χ4n) is 2.76. The summed E-state index contributed by atoms with van der Waals surface area (Å²) in [7, 11) is 0. The van der Waals surface area contributed by atoms with Crippen LogP contribution in [0.1, 0.15) is 44.3 Å². The number of aliphatic hydroxyl groups excluding tert-OH is 1. The van der Waals surface area contributed by atoms with Gasteiger partial charge in [-0.05, 0) is 36.8 Å². The van der Waals surface area contributed by atoms with Crippen molar-refractivity contribution >= 4 is 11.6 Å². The molecule has 0 saturated heterocycles. The second-order valence-corrected chi connectivity index (χ2v) is 5.58. The first-order chi connectivity index (χ1) is 8.08. The zero-order valence-electron chi connectivity index (χ0n) is 10.00. The van der Waals surface area contributed by atoms with Crippen molar-refractivity contribution in [2.24, 2.45) is 11.8 Å². The van der Waals surface area contributed by atoms with Crippen LogP contribution in [0.15, 0.2) is 18.2 Å². The van der Waals surface area contributed by atoms with Crippen LogP contribution in [0.3, 0.4) is 0 Å². The maximum Gasteiger partial charge on any atom is 0.130 e. The van der Waals surface area contributed by atoms with E-state index in [4.69, 9.17) is 11.6 Å². The van der Waals surface area contributed by atoms with Crippen LogP contribution in [0.25, 0.3) is 0 Å². The van der Waals surface area contributed by atoms with E-state index in [0.29, 0.717) is 16.5 Å². The summed E-state index contributed by atoms with van der Waals surface area (Å²) in [5, 5.41) is 10.6. The van der Waals surface area contributed by atoms with Gasteiger partial charge in [0.2, 0.25) is 0 Å². The zero-order valence-corrected chi connectivity index (χ0v) is 10.8. The largest absolute Gasteiger partial charge is 0.388 e. The minimum Gasteiger partial charge on any atom is -0.388 e. The van der Waals surface area contributed by atoms with Gasteiger partial charge in [0.25, 0.3) is 0 Å². The molecule has 1 fully saturated rings. The lowest BCUT2D eigenvalue weighted by Gasteiger charge is -2.30. The number of rotatable bonds is 2. The summed E-state index contributed by atoms with van der Waals surface area (Å²) in [6.07, 6.45) is 3.59. The van der Waals surface area contributed by atoms with Gasteiger partial charge in [0.1, 0.15) is 5.82 Å². The summed E-state index contributed by atoms with van der Waals surface area (Å²) in [4.78, 5) is 0. The van der Waals surface area contributed by atoms with E-state index < -0.39 is 11.9 Å². The van der Waals surface area contributed by atoms with Crippen molar-refractivity contribution in [2.45, 2.75) is 38.7 Å². The molecule has 1 saturated carbocycles. The molecule has 0 aromatic heterocycles. The molecule has 0 spiro atoms. The summed E-state index contributed by atoms with van der Waals surface area (Å²) >= 11 is 5.71. The van der Waals surface area contributed by atoms with E-state index in [1.807, 2.05) is 0 Å². The molecule has 1 aromatic carbocycles. The topological polar surface area (TPSA) is 20.2 Å². The molecule has 2 rings (SSSR count). The second-order valence-electron chi connectivity index (χ2n) is 5.14. The van der Waals surface area contributed by atoms with Gasteiger partial charge in [-0.15, -0.1) is 0 Å². The summed E-state index contributed by atoms with van der Waals surface area (Å²) in [6.45, 7) is 2.19. The molecule has 1 nitrogen and oxygen atoms in total. The first kappa shape index (κ1) is 12.8. The van der Waals surface area contributed by atoms with Crippen molar-refractivity contribution in [3.8, 4) is 0 Å². The molecular weight excluding hydrogens is 239 g/mol. The average molecular weight is 257 g/mol. The van der Waals surface area contributed by atoms with Crippen molar-refractivity contribution in [2.75, 3.05) is 0 Å². The van der Waals surface area contributed by atoms with Crippen LogP contribution < -0.4 is 0 Å². The Morgan fingerprint density at radius 3 is 2.82 bits per heavy atom. The molecule has 0 bridgehead atoms. The standard InChI is InChI=1S/C14H18ClFO/c1-9-3-2-4-10(7-9)14(17)12-6-5-11(15)8-13(12)16/h5-6,8-10,14,17H,2-4,7H2,1H3. The molecule has 94 valence electrons. The van der Waals surface area contributed by atoms with Crippen molar-refractivity contribution in [3.63, 3.8) is 0 Å². The highest BCUT2D eigenvalue weighted by molar-refractivity contribution is 6.30. The number of hydrogen-bond donors (Lipinski definition) is 1. The Balaban J connectivity index is 2.15.